The first kappa shape index (κ1) is 16.5. The van der Waals surface area contributed by atoms with Crippen LogP contribution in [0.2, 0.25) is 0 Å². The molecule has 3 rings (SSSR count). The fraction of sp³-hybridized carbons (Fsp3) is 0.250. The molecular formula is C16H16N6O3. The number of hydrogen-bond acceptors (Lipinski definition) is 8. The fourth-order valence-corrected chi connectivity index (χ4v) is 2.23. The lowest BCUT2D eigenvalue weighted by atomic mass is 10.0. The first-order valence-corrected chi connectivity index (χ1v) is 7.65. The molecule has 1 unspecified atom stereocenters. The number of aromatic nitrogens is 4. The van der Waals surface area contributed by atoms with E-state index in [0.717, 1.165) is 5.56 Å². The standard InChI is InChI=1S/C16H16N6O3/c1-10(2)14(19-13-4-3-12(9-18-13)22(23)24)16-20-15(21-25-16)11-5-7-17-8-6-11/h3-10,14H,1-2H3,(H,18,19). The maximum absolute atomic E-state index is 10.7. The number of nitro groups is 1. The lowest BCUT2D eigenvalue weighted by Crippen LogP contribution is -2.18. The Morgan fingerprint density at radius 1 is 1.20 bits per heavy atom. The third-order valence-corrected chi connectivity index (χ3v) is 3.58. The summed E-state index contributed by atoms with van der Waals surface area (Å²) in [6, 6.07) is 6.25. The Hall–Kier alpha value is -3.36. The molecule has 128 valence electrons. The van der Waals surface area contributed by atoms with Crippen LogP contribution < -0.4 is 5.32 Å². The molecule has 0 aliphatic rings. The van der Waals surface area contributed by atoms with Crippen molar-refractivity contribution < 1.29 is 9.45 Å². The summed E-state index contributed by atoms with van der Waals surface area (Å²) in [5.41, 5.74) is 0.741. The second-order valence-electron chi connectivity index (χ2n) is 5.72. The smallest absolute Gasteiger partial charge is 0.287 e. The van der Waals surface area contributed by atoms with Crippen molar-refractivity contribution in [2.45, 2.75) is 19.9 Å². The highest BCUT2D eigenvalue weighted by Gasteiger charge is 2.23. The minimum atomic E-state index is -0.490. The summed E-state index contributed by atoms with van der Waals surface area (Å²) >= 11 is 0. The largest absolute Gasteiger partial charge is 0.358 e. The van der Waals surface area contributed by atoms with Crippen LogP contribution in [-0.4, -0.2) is 25.0 Å². The van der Waals surface area contributed by atoms with E-state index in [1.807, 2.05) is 13.8 Å². The van der Waals surface area contributed by atoms with E-state index in [-0.39, 0.29) is 17.6 Å². The third-order valence-electron chi connectivity index (χ3n) is 3.58. The monoisotopic (exact) mass is 340 g/mol. The number of anilines is 1. The summed E-state index contributed by atoms with van der Waals surface area (Å²) in [4.78, 5) is 22.7. The maximum atomic E-state index is 10.7. The summed E-state index contributed by atoms with van der Waals surface area (Å²) in [7, 11) is 0. The van der Waals surface area contributed by atoms with Crippen LogP contribution in [0.5, 0.6) is 0 Å². The van der Waals surface area contributed by atoms with Crippen LogP contribution in [0.3, 0.4) is 0 Å². The first-order chi connectivity index (χ1) is 12.0. The van der Waals surface area contributed by atoms with E-state index in [2.05, 4.69) is 25.4 Å². The molecule has 0 aliphatic carbocycles. The molecule has 3 heterocycles. The highest BCUT2D eigenvalue weighted by atomic mass is 16.6. The van der Waals surface area contributed by atoms with Crippen molar-refractivity contribution in [3.8, 4) is 11.4 Å². The van der Waals surface area contributed by atoms with Gasteiger partial charge in [0.1, 0.15) is 18.1 Å². The quantitative estimate of drug-likeness (QED) is 0.536. The van der Waals surface area contributed by atoms with Crippen molar-refractivity contribution >= 4 is 11.5 Å². The Balaban J connectivity index is 1.82. The lowest BCUT2D eigenvalue weighted by molar-refractivity contribution is -0.385. The second kappa shape index (κ2) is 7.04. The Bertz CT molecular complexity index is 848. The summed E-state index contributed by atoms with van der Waals surface area (Å²) < 4.78 is 5.40. The van der Waals surface area contributed by atoms with Crippen molar-refractivity contribution in [1.82, 2.24) is 20.1 Å². The number of pyridine rings is 2. The van der Waals surface area contributed by atoms with Gasteiger partial charge in [-0.05, 0) is 24.1 Å². The molecule has 0 fully saturated rings. The van der Waals surface area contributed by atoms with Gasteiger partial charge in [-0.25, -0.2) is 4.98 Å². The third kappa shape index (κ3) is 3.77. The van der Waals surface area contributed by atoms with Gasteiger partial charge >= 0.3 is 0 Å². The maximum Gasteiger partial charge on any atom is 0.287 e. The molecule has 0 amide bonds. The molecule has 9 nitrogen and oxygen atoms in total. The molecule has 25 heavy (non-hydrogen) atoms. The average molecular weight is 340 g/mol. The van der Waals surface area contributed by atoms with Gasteiger partial charge in [-0.15, -0.1) is 0 Å². The van der Waals surface area contributed by atoms with E-state index in [1.165, 1.54) is 12.3 Å². The molecule has 3 aromatic rings. The Kier molecular flexibility index (Phi) is 4.64. The zero-order valence-electron chi connectivity index (χ0n) is 13.7. The zero-order chi connectivity index (χ0) is 17.8. The summed E-state index contributed by atoms with van der Waals surface area (Å²) in [6.45, 7) is 4.00. The van der Waals surface area contributed by atoms with E-state index < -0.39 is 4.92 Å². The molecule has 1 atom stereocenters. The highest BCUT2D eigenvalue weighted by molar-refractivity contribution is 5.52. The van der Waals surface area contributed by atoms with Gasteiger partial charge in [0.25, 0.3) is 5.69 Å². The summed E-state index contributed by atoms with van der Waals surface area (Å²) in [5.74, 6) is 1.51. The van der Waals surface area contributed by atoms with Gasteiger partial charge in [0.05, 0.1) is 4.92 Å². The number of nitrogens with zero attached hydrogens (tertiary/aromatic N) is 5. The molecule has 0 saturated carbocycles. The molecule has 9 heteroatoms. The average Bonchev–Trinajstić information content (AvgIpc) is 3.10. The Morgan fingerprint density at radius 2 is 1.96 bits per heavy atom. The highest BCUT2D eigenvalue weighted by Crippen LogP contribution is 2.27. The Labute approximate surface area is 143 Å². The second-order valence-corrected chi connectivity index (χ2v) is 5.72. The van der Waals surface area contributed by atoms with Gasteiger partial charge in [0.2, 0.25) is 11.7 Å². The normalized spacial score (nSPS) is 12.1. The van der Waals surface area contributed by atoms with E-state index in [0.29, 0.717) is 17.5 Å². The molecule has 0 spiro atoms. The van der Waals surface area contributed by atoms with Crippen molar-refractivity contribution in [2.75, 3.05) is 5.32 Å². The van der Waals surface area contributed by atoms with Crippen LogP contribution in [0.1, 0.15) is 25.8 Å². The van der Waals surface area contributed by atoms with E-state index >= 15 is 0 Å². The lowest BCUT2D eigenvalue weighted by Gasteiger charge is -2.18. The Morgan fingerprint density at radius 3 is 2.56 bits per heavy atom. The van der Waals surface area contributed by atoms with Gasteiger partial charge in [0.15, 0.2) is 0 Å². The predicted octanol–water partition coefficient (Wildman–Crippen LogP) is 3.24. The van der Waals surface area contributed by atoms with Crippen LogP contribution in [0.4, 0.5) is 11.5 Å². The molecular weight excluding hydrogens is 324 g/mol. The van der Waals surface area contributed by atoms with Crippen LogP contribution in [0, 0.1) is 16.0 Å². The van der Waals surface area contributed by atoms with Gasteiger partial charge in [0, 0.05) is 24.0 Å². The van der Waals surface area contributed by atoms with E-state index in [9.17, 15) is 10.1 Å². The molecule has 0 aliphatic heterocycles. The van der Waals surface area contributed by atoms with Gasteiger partial charge in [-0.2, -0.15) is 4.98 Å². The minimum Gasteiger partial charge on any atom is -0.358 e. The van der Waals surface area contributed by atoms with Gasteiger partial charge in [-0.3, -0.25) is 15.1 Å². The predicted molar refractivity (Wildman–Crippen MR) is 89.6 cm³/mol. The zero-order valence-corrected chi connectivity index (χ0v) is 13.7. The van der Waals surface area contributed by atoms with Crippen LogP contribution in [-0.2, 0) is 0 Å². The SMILES string of the molecule is CC(C)C(Nc1ccc([N+](=O)[O-])cn1)c1nc(-c2ccncc2)no1. The molecule has 0 aromatic carbocycles. The molecule has 0 saturated heterocycles. The van der Waals surface area contributed by atoms with Crippen LogP contribution in [0.25, 0.3) is 11.4 Å². The van der Waals surface area contributed by atoms with Gasteiger partial charge in [-0.1, -0.05) is 19.0 Å². The summed E-state index contributed by atoms with van der Waals surface area (Å²) in [5, 5.41) is 17.9. The number of hydrogen-bond donors (Lipinski definition) is 1. The van der Waals surface area contributed by atoms with Crippen molar-refractivity contribution in [3.63, 3.8) is 0 Å². The molecule has 1 N–H and O–H groups in total. The van der Waals surface area contributed by atoms with E-state index in [4.69, 9.17) is 4.52 Å². The van der Waals surface area contributed by atoms with Crippen LogP contribution in [0.15, 0.2) is 47.4 Å². The number of nitrogens with one attached hydrogen (secondary N) is 1. The van der Waals surface area contributed by atoms with Crippen molar-refractivity contribution in [1.29, 1.82) is 0 Å². The van der Waals surface area contributed by atoms with E-state index in [1.54, 1.807) is 30.6 Å². The molecule has 0 bridgehead atoms. The fourth-order valence-electron chi connectivity index (χ4n) is 2.23. The summed E-state index contributed by atoms with van der Waals surface area (Å²) in [6.07, 6.45) is 4.52. The van der Waals surface area contributed by atoms with Gasteiger partial charge < -0.3 is 9.84 Å². The topological polar surface area (TPSA) is 120 Å². The molecule has 0 radical (unpaired) electrons. The minimum absolute atomic E-state index is 0.0654. The van der Waals surface area contributed by atoms with Crippen molar-refractivity contribution in [3.05, 3.63) is 58.9 Å². The van der Waals surface area contributed by atoms with Crippen molar-refractivity contribution in [2.24, 2.45) is 5.92 Å². The molecule has 3 aromatic heterocycles. The first-order valence-electron chi connectivity index (χ1n) is 7.65. The number of rotatable bonds is 6. The van der Waals surface area contributed by atoms with Crippen LogP contribution >= 0.6 is 0 Å².